The van der Waals surface area contributed by atoms with E-state index in [4.69, 9.17) is 39.5 Å². The van der Waals surface area contributed by atoms with E-state index in [1.54, 1.807) is 30.3 Å². The van der Waals surface area contributed by atoms with Gasteiger partial charge in [-0.25, -0.2) is 0 Å². The van der Waals surface area contributed by atoms with E-state index in [1.165, 1.54) is 18.1 Å². The minimum absolute atomic E-state index is 0.114. The average molecular weight is 440 g/mol. The molecule has 0 saturated heterocycles. The highest BCUT2D eigenvalue weighted by atomic mass is 35.5. The zero-order chi connectivity index (χ0) is 20.4. The van der Waals surface area contributed by atoms with Gasteiger partial charge in [-0.05, 0) is 36.8 Å². The molecule has 8 heteroatoms. The van der Waals surface area contributed by atoms with E-state index in [0.717, 1.165) is 0 Å². The molecular weight excluding hydrogens is 423 g/mol. The van der Waals surface area contributed by atoms with Crippen molar-refractivity contribution in [2.24, 2.45) is 0 Å². The number of nitrogens with zero attached hydrogens (tertiary/aromatic N) is 1. The highest BCUT2D eigenvalue weighted by Crippen LogP contribution is 2.37. The number of anilines is 1. The predicted octanol–water partition coefficient (Wildman–Crippen LogP) is 5.26. The van der Waals surface area contributed by atoms with Crippen LogP contribution in [0.25, 0.3) is 5.57 Å². The lowest BCUT2D eigenvalue weighted by atomic mass is 10.0. The van der Waals surface area contributed by atoms with E-state index in [0.29, 0.717) is 40.0 Å². The predicted molar refractivity (Wildman–Crippen MR) is 112 cm³/mol. The van der Waals surface area contributed by atoms with Crippen LogP contribution >= 0.6 is 34.8 Å². The van der Waals surface area contributed by atoms with Crippen LogP contribution in [0.3, 0.4) is 0 Å². The van der Waals surface area contributed by atoms with Crippen LogP contribution in [0.15, 0.2) is 42.1 Å². The van der Waals surface area contributed by atoms with Crippen molar-refractivity contribution in [2.45, 2.75) is 13.3 Å². The minimum Gasteiger partial charge on any atom is -0.495 e. The fraction of sp³-hybridized carbons (Fsp3) is 0.200. The van der Waals surface area contributed by atoms with Crippen LogP contribution in [-0.4, -0.2) is 30.4 Å². The van der Waals surface area contributed by atoms with Gasteiger partial charge in [-0.3, -0.25) is 14.5 Å². The zero-order valence-corrected chi connectivity index (χ0v) is 17.5. The van der Waals surface area contributed by atoms with Gasteiger partial charge in [0.05, 0.1) is 23.4 Å². The van der Waals surface area contributed by atoms with Crippen molar-refractivity contribution in [3.05, 3.63) is 62.7 Å². The number of amides is 2. The van der Waals surface area contributed by atoms with E-state index >= 15 is 0 Å². The molecule has 2 amide bonds. The summed E-state index contributed by atoms with van der Waals surface area (Å²) in [5.74, 6) is -0.373. The van der Waals surface area contributed by atoms with Gasteiger partial charge in [0, 0.05) is 22.2 Å². The summed E-state index contributed by atoms with van der Waals surface area (Å²) < 4.78 is 5.33. The van der Waals surface area contributed by atoms with Crippen LogP contribution in [0.2, 0.25) is 15.1 Å². The highest BCUT2D eigenvalue weighted by Gasteiger charge is 2.39. The smallest absolute Gasteiger partial charge is 0.278 e. The summed E-state index contributed by atoms with van der Waals surface area (Å²) >= 11 is 18.4. The maximum atomic E-state index is 13.0. The molecule has 1 aliphatic rings. The van der Waals surface area contributed by atoms with Gasteiger partial charge in [0.15, 0.2) is 0 Å². The number of carbonyl (C=O) groups excluding carboxylic acids is 2. The first-order valence-electron chi connectivity index (χ1n) is 8.53. The van der Waals surface area contributed by atoms with Crippen molar-refractivity contribution in [1.82, 2.24) is 4.90 Å². The van der Waals surface area contributed by atoms with Gasteiger partial charge in [0.25, 0.3) is 11.8 Å². The van der Waals surface area contributed by atoms with Gasteiger partial charge < -0.3 is 10.1 Å². The molecule has 5 nitrogen and oxygen atoms in total. The van der Waals surface area contributed by atoms with Crippen LogP contribution < -0.4 is 10.1 Å². The number of carbonyl (C=O) groups is 2. The number of methoxy groups -OCH3 is 1. The quantitative estimate of drug-likeness (QED) is 0.624. The zero-order valence-electron chi connectivity index (χ0n) is 15.2. The monoisotopic (exact) mass is 438 g/mol. The lowest BCUT2D eigenvalue weighted by Gasteiger charge is -2.15. The summed E-state index contributed by atoms with van der Waals surface area (Å²) in [6, 6.07) is 9.73. The van der Waals surface area contributed by atoms with Crippen molar-refractivity contribution >= 4 is 57.9 Å². The number of benzene rings is 2. The van der Waals surface area contributed by atoms with Gasteiger partial charge in [-0.2, -0.15) is 0 Å². The average Bonchev–Trinajstić information content (AvgIpc) is 2.87. The molecule has 1 N–H and O–H groups in total. The molecule has 146 valence electrons. The van der Waals surface area contributed by atoms with Crippen molar-refractivity contribution in [3.63, 3.8) is 0 Å². The third kappa shape index (κ3) is 3.83. The molecule has 0 saturated carbocycles. The van der Waals surface area contributed by atoms with Gasteiger partial charge in [0.1, 0.15) is 11.4 Å². The Bertz CT molecular complexity index is 989. The Morgan fingerprint density at radius 1 is 1.00 bits per heavy atom. The SMILES string of the molecule is CCCN1C(=O)C(Nc2cc(Cl)ccc2OC)=C(c2ccc(Cl)cc2Cl)C1=O. The molecule has 2 aromatic carbocycles. The third-order valence-electron chi connectivity index (χ3n) is 4.24. The summed E-state index contributed by atoms with van der Waals surface area (Å²) in [5.41, 5.74) is 1.18. The van der Waals surface area contributed by atoms with Gasteiger partial charge in [0.2, 0.25) is 0 Å². The summed E-state index contributed by atoms with van der Waals surface area (Å²) in [7, 11) is 1.50. The number of imide groups is 1. The van der Waals surface area contributed by atoms with E-state index in [-0.39, 0.29) is 16.3 Å². The second-order valence-electron chi connectivity index (χ2n) is 6.11. The minimum atomic E-state index is -0.435. The van der Waals surface area contributed by atoms with E-state index in [1.807, 2.05) is 6.92 Å². The third-order valence-corrected chi connectivity index (χ3v) is 5.02. The molecule has 0 unspecified atom stereocenters. The number of hydrogen-bond donors (Lipinski definition) is 1. The summed E-state index contributed by atoms with van der Waals surface area (Å²) in [4.78, 5) is 27.2. The molecule has 0 bridgehead atoms. The molecule has 0 spiro atoms. The molecule has 3 rings (SSSR count). The summed E-state index contributed by atoms with van der Waals surface area (Å²) in [6.45, 7) is 2.19. The standard InChI is InChI=1S/C20H17Cl3N2O3/c1-3-8-25-19(26)17(13-6-4-11(21)9-14(13)23)18(20(25)27)24-15-10-12(22)5-7-16(15)28-2/h4-7,9-10,24H,3,8H2,1-2H3. The largest absolute Gasteiger partial charge is 0.495 e. The summed E-state index contributed by atoms with van der Waals surface area (Å²) in [5, 5.41) is 4.19. The van der Waals surface area contributed by atoms with Crippen molar-refractivity contribution < 1.29 is 14.3 Å². The van der Waals surface area contributed by atoms with Crippen LogP contribution in [0.1, 0.15) is 18.9 Å². The van der Waals surface area contributed by atoms with Crippen molar-refractivity contribution in [1.29, 1.82) is 0 Å². The van der Waals surface area contributed by atoms with Crippen LogP contribution in [0.4, 0.5) is 5.69 Å². The molecule has 0 aliphatic carbocycles. The fourth-order valence-corrected chi connectivity index (χ4v) is 3.65. The first kappa shape index (κ1) is 20.5. The van der Waals surface area contributed by atoms with E-state index in [9.17, 15) is 9.59 Å². The topological polar surface area (TPSA) is 58.6 Å². The van der Waals surface area contributed by atoms with E-state index in [2.05, 4.69) is 5.32 Å². The maximum Gasteiger partial charge on any atom is 0.278 e. The Labute approximate surface area is 177 Å². The van der Waals surface area contributed by atoms with E-state index < -0.39 is 11.8 Å². The maximum absolute atomic E-state index is 13.0. The molecule has 0 atom stereocenters. The Morgan fingerprint density at radius 2 is 1.68 bits per heavy atom. The molecule has 28 heavy (non-hydrogen) atoms. The molecule has 0 aromatic heterocycles. The Balaban J connectivity index is 2.16. The Morgan fingerprint density at radius 3 is 2.32 bits per heavy atom. The normalized spacial score (nSPS) is 14.1. The molecular formula is C20H17Cl3N2O3. The molecule has 2 aromatic rings. The second-order valence-corrected chi connectivity index (χ2v) is 7.39. The Kier molecular flexibility index (Phi) is 6.18. The Hall–Kier alpha value is -2.21. The van der Waals surface area contributed by atoms with Gasteiger partial charge in [-0.1, -0.05) is 47.8 Å². The number of ether oxygens (including phenoxy) is 1. The first-order valence-corrected chi connectivity index (χ1v) is 9.67. The highest BCUT2D eigenvalue weighted by molar-refractivity contribution is 6.41. The number of nitrogens with one attached hydrogen (secondary N) is 1. The van der Waals surface area contributed by atoms with Gasteiger partial charge >= 0.3 is 0 Å². The number of halogens is 3. The molecule has 0 radical (unpaired) electrons. The second kappa shape index (κ2) is 8.43. The number of rotatable bonds is 6. The lowest BCUT2D eigenvalue weighted by molar-refractivity contribution is -0.136. The molecule has 0 fully saturated rings. The van der Waals surface area contributed by atoms with Crippen molar-refractivity contribution in [3.8, 4) is 5.75 Å². The summed E-state index contributed by atoms with van der Waals surface area (Å²) in [6.07, 6.45) is 0.632. The lowest BCUT2D eigenvalue weighted by Crippen LogP contribution is -2.33. The fourth-order valence-electron chi connectivity index (χ4n) is 2.97. The van der Waals surface area contributed by atoms with Crippen molar-refractivity contribution in [2.75, 3.05) is 19.0 Å². The number of hydrogen-bond acceptors (Lipinski definition) is 4. The first-order chi connectivity index (χ1) is 13.4. The van der Waals surface area contributed by atoms with Crippen LogP contribution in [-0.2, 0) is 9.59 Å². The molecule has 1 heterocycles. The van der Waals surface area contributed by atoms with Gasteiger partial charge in [-0.15, -0.1) is 0 Å². The molecule has 1 aliphatic heterocycles. The van der Waals surface area contributed by atoms with Crippen LogP contribution in [0.5, 0.6) is 5.75 Å². The van der Waals surface area contributed by atoms with Crippen LogP contribution in [0, 0.1) is 0 Å².